The van der Waals surface area contributed by atoms with Crippen LogP contribution in [0.5, 0.6) is 0 Å². The molecule has 0 saturated heterocycles. The van der Waals surface area contributed by atoms with Gasteiger partial charge in [-0.15, -0.1) is 6.58 Å². The summed E-state index contributed by atoms with van der Waals surface area (Å²) < 4.78 is 0. The van der Waals surface area contributed by atoms with E-state index in [2.05, 4.69) is 12.6 Å². The average Bonchev–Trinajstić information content (AvgIpc) is 2.10. The molecule has 0 aliphatic carbocycles. The van der Waals surface area contributed by atoms with Crippen LogP contribution in [0.2, 0.25) is 0 Å². The molecule has 70 valence electrons. The highest BCUT2D eigenvalue weighted by Crippen LogP contribution is 2.24. The van der Waals surface area contributed by atoms with Gasteiger partial charge >= 0.3 is 0 Å². The van der Waals surface area contributed by atoms with Gasteiger partial charge in [-0.05, 0) is 25.0 Å². The van der Waals surface area contributed by atoms with Crippen molar-refractivity contribution in [3.8, 4) is 0 Å². The van der Waals surface area contributed by atoms with Gasteiger partial charge in [-0.3, -0.25) is 0 Å². The number of anilines is 1. The highest BCUT2D eigenvalue weighted by atomic mass is 14.7. The molecule has 0 amide bonds. The van der Waals surface area contributed by atoms with Crippen LogP contribution in [0.15, 0.2) is 24.8 Å². The van der Waals surface area contributed by atoms with Crippen LogP contribution in [0.25, 0.3) is 0 Å². The van der Waals surface area contributed by atoms with Crippen molar-refractivity contribution < 1.29 is 0 Å². The lowest BCUT2D eigenvalue weighted by Gasteiger charge is -2.13. The highest BCUT2D eigenvalue weighted by molar-refractivity contribution is 5.56. The normalized spacial score (nSPS) is 12.5. The molecule has 0 fully saturated rings. The van der Waals surface area contributed by atoms with E-state index >= 15 is 0 Å². The van der Waals surface area contributed by atoms with Gasteiger partial charge in [0.15, 0.2) is 0 Å². The standard InChI is InChI=1S/C11H16N2/c1-4-10(12)9-6-7(2)5-8(3)11(9)13/h4-6,10H,1,12-13H2,2-3H3. The van der Waals surface area contributed by atoms with Crippen molar-refractivity contribution in [1.29, 1.82) is 0 Å². The molecule has 2 nitrogen and oxygen atoms in total. The third kappa shape index (κ3) is 1.90. The van der Waals surface area contributed by atoms with Gasteiger partial charge in [-0.1, -0.05) is 23.8 Å². The van der Waals surface area contributed by atoms with Crippen LogP contribution < -0.4 is 11.5 Å². The fraction of sp³-hybridized carbons (Fsp3) is 0.273. The summed E-state index contributed by atoms with van der Waals surface area (Å²) in [6, 6.07) is 3.89. The van der Waals surface area contributed by atoms with Gasteiger partial charge in [-0.2, -0.15) is 0 Å². The van der Waals surface area contributed by atoms with Gasteiger partial charge < -0.3 is 11.5 Å². The molecular formula is C11H16N2. The van der Waals surface area contributed by atoms with Gasteiger partial charge in [0.1, 0.15) is 0 Å². The molecule has 0 aliphatic heterocycles. The zero-order chi connectivity index (χ0) is 10.0. The number of nitrogen functional groups attached to an aromatic ring is 1. The topological polar surface area (TPSA) is 52.0 Å². The van der Waals surface area contributed by atoms with E-state index in [4.69, 9.17) is 11.5 Å². The average molecular weight is 176 g/mol. The van der Waals surface area contributed by atoms with E-state index in [0.717, 1.165) is 16.8 Å². The second-order valence-corrected chi connectivity index (χ2v) is 3.35. The van der Waals surface area contributed by atoms with E-state index in [0.29, 0.717) is 0 Å². The molecule has 0 radical (unpaired) electrons. The van der Waals surface area contributed by atoms with Gasteiger partial charge in [-0.25, -0.2) is 0 Å². The first-order chi connectivity index (χ1) is 6.06. The first-order valence-corrected chi connectivity index (χ1v) is 4.31. The maximum atomic E-state index is 5.90. The van der Waals surface area contributed by atoms with E-state index in [-0.39, 0.29) is 6.04 Å². The molecule has 0 spiro atoms. The van der Waals surface area contributed by atoms with Crippen molar-refractivity contribution in [3.63, 3.8) is 0 Å². The fourth-order valence-electron chi connectivity index (χ4n) is 1.41. The second-order valence-electron chi connectivity index (χ2n) is 3.35. The number of nitrogens with two attached hydrogens (primary N) is 2. The van der Waals surface area contributed by atoms with Crippen molar-refractivity contribution >= 4 is 5.69 Å². The Labute approximate surface area is 79.2 Å². The SMILES string of the molecule is C=CC(N)c1cc(C)cc(C)c1N. The van der Waals surface area contributed by atoms with Crippen LogP contribution in [0.4, 0.5) is 5.69 Å². The van der Waals surface area contributed by atoms with E-state index in [1.807, 2.05) is 19.9 Å². The minimum absolute atomic E-state index is 0.168. The molecular weight excluding hydrogens is 160 g/mol. The van der Waals surface area contributed by atoms with Gasteiger partial charge in [0, 0.05) is 11.7 Å². The summed E-state index contributed by atoms with van der Waals surface area (Å²) in [5, 5.41) is 0. The predicted octanol–water partition coefficient (Wildman–Crippen LogP) is 2.07. The Morgan fingerprint density at radius 2 is 2.00 bits per heavy atom. The molecule has 0 heterocycles. The van der Waals surface area contributed by atoms with E-state index in [1.165, 1.54) is 5.56 Å². The number of rotatable bonds is 2. The van der Waals surface area contributed by atoms with Gasteiger partial charge in [0.05, 0.1) is 0 Å². The van der Waals surface area contributed by atoms with Crippen LogP contribution in [0.3, 0.4) is 0 Å². The largest absolute Gasteiger partial charge is 0.398 e. The maximum absolute atomic E-state index is 5.90. The number of aryl methyl sites for hydroxylation is 2. The Bertz CT molecular complexity index is 329. The molecule has 0 bridgehead atoms. The first kappa shape index (κ1) is 9.81. The molecule has 0 saturated carbocycles. The summed E-state index contributed by atoms with van der Waals surface area (Å²) in [5.41, 5.74) is 15.7. The van der Waals surface area contributed by atoms with Crippen LogP contribution in [0.1, 0.15) is 22.7 Å². The summed E-state index contributed by atoms with van der Waals surface area (Å²) in [6.07, 6.45) is 1.70. The van der Waals surface area contributed by atoms with Crippen molar-refractivity contribution in [3.05, 3.63) is 41.5 Å². The number of hydrogen-bond acceptors (Lipinski definition) is 2. The summed E-state index contributed by atoms with van der Waals surface area (Å²) in [4.78, 5) is 0. The van der Waals surface area contributed by atoms with E-state index in [9.17, 15) is 0 Å². The summed E-state index contributed by atoms with van der Waals surface area (Å²) in [6.45, 7) is 7.68. The summed E-state index contributed by atoms with van der Waals surface area (Å²) >= 11 is 0. The van der Waals surface area contributed by atoms with Crippen molar-refractivity contribution in [1.82, 2.24) is 0 Å². The van der Waals surface area contributed by atoms with Crippen LogP contribution in [-0.4, -0.2) is 0 Å². The van der Waals surface area contributed by atoms with Crippen molar-refractivity contribution in [2.45, 2.75) is 19.9 Å². The molecule has 1 aromatic carbocycles. The molecule has 1 rings (SSSR count). The van der Waals surface area contributed by atoms with Gasteiger partial charge in [0.25, 0.3) is 0 Å². The van der Waals surface area contributed by atoms with Gasteiger partial charge in [0.2, 0.25) is 0 Å². The van der Waals surface area contributed by atoms with E-state index in [1.54, 1.807) is 6.08 Å². The Morgan fingerprint density at radius 1 is 1.38 bits per heavy atom. The minimum Gasteiger partial charge on any atom is -0.398 e. The smallest absolute Gasteiger partial charge is 0.0499 e. The maximum Gasteiger partial charge on any atom is 0.0499 e. The van der Waals surface area contributed by atoms with Crippen LogP contribution in [-0.2, 0) is 0 Å². The van der Waals surface area contributed by atoms with Crippen LogP contribution >= 0.6 is 0 Å². The molecule has 1 aromatic rings. The van der Waals surface area contributed by atoms with Crippen molar-refractivity contribution in [2.75, 3.05) is 5.73 Å². The molecule has 4 N–H and O–H groups in total. The third-order valence-corrected chi connectivity index (χ3v) is 2.18. The first-order valence-electron chi connectivity index (χ1n) is 4.31. The molecule has 13 heavy (non-hydrogen) atoms. The minimum atomic E-state index is -0.168. The predicted molar refractivity (Wildman–Crippen MR) is 57.5 cm³/mol. The third-order valence-electron chi connectivity index (χ3n) is 2.18. The quantitative estimate of drug-likeness (QED) is 0.535. The summed E-state index contributed by atoms with van der Waals surface area (Å²) in [7, 11) is 0. The lowest BCUT2D eigenvalue weighted by molar-refractivity contribution is 0.913. The number of hydrogen-bond donors (Lipinski definition) is 2. The molecule has 2 heteroatoms. The molecule has 1 unspecified atom stereocenters. The Kier molecular flexibility index (Phi) is 2.73. The zero-order valence-electron chi connectivity index (χ0n) is 8.17. The monoisotopic (exact) mass is 176 g/mol. The summed E-state index contributed by atoms with van der Waals surface area (Å²) in [5.74, 6) is 0. The molecule has 0 aliphatic rings. The van der Waals surface area contributed by atoms with Crippen molar-refractivity contribution in [2.24, 2.45) is 5.73 Å². The Morgan fingerprint density at radius 3 is 2.54 bits per heavy atom. The molecule has 1 atom stereocenters. The number of benzene rings is 1. The Hall–Kier alpha value is -1.28. The second kappa shape index (κ2) is 3.62. The van der Waals surface area contributed by atoms with Crippen LogP contribution in [0, 0.1) is 13.8 Å². The lowest BCUT2D eigenvalue weighted by Crippen LogP contribution is -2.10. The van der Waals surface area contributed by atoms with E-state index < -0.39 is 0 Å². The zero-order valence-corrected chi connectivity index (χ0v) is 8.17. The fourth-order valence-corrected chi connectivity index (χ4v) is 1.41. The Balaban J connectivity index is 3.27. The highest BCUT2D eigenvalue weighted by Gasteiger charge is 2.08. The molecule has 0 aromatic heterocycles. The lowest BCUT2D eigenvalue weighted by atomic mass is 9.99.